The third kappa shape index (κ3) is 2.39. The van der Waals surface area contributed by atoms with Gasteiger partial charge in [0.15, 0.2) is 11.6 Å². The number of nitrogens with zero attached hydrogens (tertiary/aromatic N) is 6. The van der Waals surface area contributed by atoms with E-state index >= 15 is 0 Å². The zero-order valence-corrected chi connectivity index (χ0v) is 14.1. The number of piperidine rings is 1. The van der Waals surface area contributed by atoms with Gasteiger partial charge in [0, 0.05) is 30.9 Å². The molecule has 3 aliphatic rings. The van der Waals surface area contributed by atoms with Crippen LogP contribution in [0.25, 0.3) is 0 Å². The summed E-state index contributed by atoms with van der Waals surface area (Å²) in [4.78, 5) is 21.3. The van der Waals surface area contributed by atoms with Gasteiger partial charge in [-0.3, -0.25) is 0 Å². The Morgan fingerprint density at radius 3 is 2.33 bits per heavy atom. The van der Waals surface area contributed by atoms with Gasteiger partial charge in [-0.25, -0.2) is 24.3 Å². The summed E-state index contributed by atoms with van der Waals surface area (Å²) in [7, 11) is 0. The van der Waals surface area contributed by atoms with Crippen molar-refractivity contribution in [2.45, 2.75) is 44.7 Å². The van der Waals surface area contributed by atoms with Crippen LogP contribution in [-0.2, 0) is 5.41 Å². The summed E-state index contributed by atoms with van der Waals surface area (Å²) >= 11 is 0. The van der Waals surface area contributed by atoms with Gasteiger partial charge in [0.25, 0.3) is 0 Å². The van der Waals surface area contributed by atoms with Crippen LogP contribution in [-0.4, -0.2) is 45.1 Å². The minimum Gasteiger partial charge on any atom is -0.344 e. The van der Waals surface area contributed by atoms with Crippen molar-refractivity contribution in [2.75, 3.05) is 22.9 Å². The van der Waals surface area contributed by atoms with Crippen LogP contribution in [0.3, 0.4) is 0 Å². The van der Waals surface area contributed by atoms with Crippen molar-refractivity contribution in [1.29, 1.82) is 0 Å². The zero-order chi connectivity index (χ0) is 16.9. The van der Waals surface area contributed by atoms with Crippen LogP contribution < -0.4 is 9.80 Å². The van der Waals surface area contributed by atoms with Crippen LogP contribution in [0.2, 0.25) is 0 Å². The molecule has 2 unspecified atom stereocenters. The first-order valence-corrected chi connectivity index (χ1v) is 8.26. The summed E-state index contributed by atoms with van der Waals surface area (Å²) in [6.07, 6.45) is 6.03. The molecule has 5 heterocycles. The average molecular weight is 328 g/mol. The molecular formula is C17H21FN6. The SMILES string of the molecule is CC(C)(C)c1ncnc(N2C3CC2CN(c2ncccn2)C3)c1F. The summed E-state index contributed by atoms with van der Waals surface area (Å²) < 4.78 is 15.0. The van der Waals surface area contributed by atoms with E-state index in [-0.39, 0.29) is 23.3 Å². The lowest BCUT2D eigenvalue weighted by molar-refractivity contribution is 0.282. The molecule has 0 radical (unpaired) electrons. The average Bonchev–Trinajstić information content (AvgIpc) is 2.56. The van der Waals surface area contributed by atoms with Crippen LogP contribution in [0.4, 0.5) is 16.2 Å². The Balaban J connectivity index is 1.59. The highest BCUT2D eigenvalue weighted by Crippen LogP contribution is 2.39. The predicted molar refractivity (Wildman–Crippen MR) is 89.6 cm³/mol. The molecular weight excluding hydrogens is 307 g/mol. The number of halogens is 1. The van der Waals surface area contributed by atoms with Crippen LogP contribution in [0.15, 0.2) is 24.8 Å². The minimum atomic E-state index is -0.342. The molecule has 2 atom stereocenters. The van der Waals surface area contributed by atoms with Gasteiger partial charge in [-0.05, 0) is 12.5 Å². The Morgan fingerprint density at radius 2 is 1.71 bits per heavy atom. The fraction of sp³-hybridized carbons (Fsp3) is 0.529. The number of piperazine rings is 1. The third-order valence-corrected chi connectivity index (χ3v) is 4.75. The van der Waals surface area contributed by atoms with Crippen molar-refractivity contribution in [3.63, 3.8) is 0 Å². The van der Waals surface area contributed by atoms with Crippen LogP contribution >= 0.6 is 0 Å². The Hall–Kier alpha value is -2.31. The van der Waals surface area contributed by atoms with E-state index in [1.807, 2.05) is 26.8 Å². The quantitative estimate of drug-likeness (QED) is 0.842. The Labute approximate surface area is 140 Å². The number of hydrogen-bond donors (Lipinski definition) is 0. The molecule has 2 bridgehead atoms. The summed E-state index contributed by atoms with van der Waals surface area (Å²) in [5.74, 6) is 0.888. The Kier molecular flexibility index (Phi) is 3.40. The molecule has 2 aromatic heterocycles. The van der Waals surface area contributed by atoms with Crippen molar-refractivity contribution in [3.05, 3.63) is 36.3 Å². The molecule has 6 nitrogen and oxygen atoms in total. The van der Waals surface area contributed by atoms with E-state index in [9.17, 15) is 4.39 Å². The van der Waals surface area contributed by atoms with E-state index in [0.717, 1.165) is 25.5 Å². The van der Waals surface area contributed by atoms with Gasteiger partial charge in [0.1, 0.15) is 6.33 Å². The van der Waals surface area contributed by atoms with Crippen LogP contribution in [0.5, 0.6) is 0 Å². The molecule has 0 N–H and O–H groups in total. The fourth-order valence-corrected chi connectivity index (χ4v) is 3.64. The summed E-state index contributed by atoms with van der Waals surface area (Å²) in [5.41, 5.74) is 0.131. The van der Waals surface area contributed by atoms with Crippen molar-refractivity contribution >= 4 is 11.8 Å². The first kappa shape index (κ1) is 15.2. The molecule has 0 saturated carbocycles. The minimum absolute atomic E-state index is 0.241. The highest BCUT2D eigenvalue weighted by molar-refractivity contribution is 5.52. The van der Waals surface area contributed by atoms with Gasteiger partial charge in [0.2, 0.25) is 5.95 Å². The van der Waals surface area contributed by atoms with E-state index < -0.39 is 0 Å². The number of fused-ring (bicyclic) bond motifs is 2. The highest BCUT2D eigenvalue weighted by atomic mass is 19.1. The molecule has 0 aromatic carbocycles. The molecule has 0 aliphatic carbocycles. The number of hydrogen-bond acceptors (Lipinski definition) is 6. The van der Waals surface area contributed by atoms with E-state index in [0.29, 0.717) is 11.5 Å². The highest BCUT2D eigenvalue weighted by Gasteiger charge is 2.47. The van der Waals surface area contributed by atoms with E-state index in [1.165, 1.54) is 6.33 Å². The second kappa shape index (κ2) is 5.36. The molecule has 24 heavy (non-hydrogen) atoms. The lowest BCUT2D eigenvalue weighted by Crippen LogP contribution is -2.70. The topological polar surface area (TPSA) is 58.0 Å². The lowest BCUT2D eigenvalue weighted by atomic mass is 9.86. The normalized spacial score (nSPS) is 23.2. The molecule has 3 fully saturated rings. The van der Waals surface area contributed by atoms with Crippen molar-refractivity contribution in [3.8, 4) is 0 Å². The first-order chi connectivity index (χ1) is 11.4. The Bertz CT molecular complexity index is 732. The molecule has 5 rings (SSSR count). The van der Waals surface area contributed by atoms with Crippen molar-refractivity contribution < 1.29 is 4.39 Å². The first-order valence-electron chi connectivity index (χ1n) is 8.26. The summed E-state index contributed by atoms with van der Waals surface area (Å²) in [5, 5.41) is 0. The van der Waals surface area contributed by atoms with Gasteiger partial charge in [-0.15, -0.1) is 0 Å². The Morgan fingerprint density at radius 1 is 1.04 bits per heavy atom. The van der Waals surface area contributed by atoms with Gasteiger partial charge in [0.05, 0.1) is 17.8 Å². The summed E-state index contributed by atoms with van der Waals surface area (Å²) in [6, 6.07) is 2.29. The number of anilines is 2. The fourth-order valence-electron chi connectivity index (χ4n) is 3.64. The molecule has 3 saturated heterocycles. The maximum atomic E-state index is 15.0. The maximum absolute atomic E-state index is 15.0. The van der Waals surface area contributed by atoms with Gasteiger partial charge in [-0.2, -0.15) is 0 Å². The van der Waals surface area contributed by atoms with Crippen LogP contribution in [0.1, 0.15) is 32.9 Å². The van der Waals surface area contributed by atoms with E-state index in [4.69, 9.17) is 0 Å². The number of aromatic nitrogens is 4. The summed E-state index contributed by atoms with van der Waals surface area (Å²) in [6.45, 7) is 7.47. The molecule has 126 valence electrons. The standard InChI is InChI=1S/C17H21FN6/c1-17(2,3)14-13(18)15(22-10-21-14)24-11-7-12(24)9-23(8-11)16-19-5-4-6-20-16/h4-6,10-12H,7-9H2,1-3H3. The predicted octanol–water partition coefficient (Wildman–Crippen LogP) is 2.17. The zero-order valence-electron chi connectivity index (χ0n) is 14.1. The van der Waals surface area contributed by atoms with Crippen molar-refractivity contribution in [2.24, 2.45) is 0 Å². The maximum Gasteiger partial charge on any atom is 0.225 e. The second-order valence-electron chi connectivity index (χ2n) is 7.51. The molecule has 3 aliphatic heterocycles. The smallest absolute Gasteiger partial charge is 0.225 e. The second-order valence-corrected chi connectivity index (χ2v) is 7.51. The molecule has 0 amide bonds. The van der Waals surface area contributed by atoms with Crippen LogP contribution in [0, 0.1) is 5.82 Å². The number of rotatable bonds is 2. The third-order valence-electron chi connectivity index (χ3n) is 4.75. The van der Waals surface area contributed by atoms with E-state index in [1.54, 1.807) is 12.4 Å². The lowest BCUT2D eigenvalue weighted by Gasteiger charge is -2.56. The molecule has 7 heteroatoms. The molecule has 0 spiro atoms. The van der Waals surface area contributed by atoms with Gasteiger partial charge in [-0.1, -0.05) is 20.8 Å². The van der Waals surface area contributed by atoms with E-state index in [2.05, 4.69) is 29.7 Å². The largest absolute Gasteiger partial charge is 0.344 e. The van der Waals surface area contributed by atoms with Crippen molar-refractivity contribution in [1.82, 2.24) is 19.9 Å². The molecule has 2 aromatic rings. The monoisotopic (exact) mass is 328 g/mol. The van der Waals surface area contributed by atoms with Gasteiger partial charge >= 0.3 is 0 Å². The van der Waals surface area contributed by atoms with Gasteiger partial charge < -0.3 is 9.80 Å².